The van der Waals surface area contributed by atoms with Gasteiger partial charge in [-0.25, -0.2) is 0 Å². The van der Waals surface area contributed by atoms with Crippen LogP contribution in [-0.2, 0) is 11.2 Å². The van der Waals surface area contributed by atoms with Gasteiger partial charge >= 0.3 is 0 Å². The number of benzene rings is 2. The van der Waals surface area contributed by atoms with Crippen molar-refractivity contribution in [3.05, 3.63) is 48.2 Å². The molecule has 1 aromatic heterocycles. The van der Waals surface area contributed by atoms with Crippen LogP contribution in [0, 0.1) is 0 Å². The van der Waals surface area contributed by atoms with Gasteiger partial charge in [-0.05, 0) is 68.6 Å². The largest absolute Gasteiger partial charge is 0.508 e. The molecule has 0 saturated heterocycles. The van der Waals surface area contributed by atoms with Gasteiger partial charge in [-0.2, -0.15) is 0 Å². The number of rotatable bonds is 12. The summed E-state index contributed by atoms with van der Waals surface area (Å²) in [6, 6.07) is 11.1. The highest BCUT2D eigenvalue weighted by atomic mass is 16.5. The predicted molar refractivity (Wildman–Crippen MR) is 128 cm³/mol. The number of anilines is 1. The van der Waals surface area contributed by atoms with E-state index in [1.807, 2.05) is 12.3 Å². The second-order valence-corrected chi connectivity index (χ2v) is 8.01. The van der Waals surface area contributed by atoms with Crippen molar-refractivity contribution in [2.45, 2.75) is 45.1 Å². The van der Waals surface area contributed by atoms with E-state index in [2.05, 4.69) is 22.5 Å². The van der Waals surface area contributed by atoms with Crippen LogP contribution in [0.15, 0.2) is 42.6 Å². The van der Waals surface area contributed by atoms with Crippen molar-refractivity contribution in [1.82, 2.24) is 10.3 Å². The number of phenols is 1. The Morgan fingerprint density at radius 3 is 2.69 bits per heavy atom. The zero-order valence-electron chi connectivity index (χ0n) is 19.0. The molecule has 0 saturated carbocycles. The third-order valence-electron chi connectivity index (χ3n) is 5.60. The summed E-state index contributed by atoms with van der Waals surface area (Å²) in [5.41, 5.74) is 2.94. The van der Waals surface area contributed by atoms with Gasteiger partial charge in [0.1, 0.15) is 5.75 Å². The molecule has 172 valence electrons. The van der Waals surface area contributed by atoms with Crippen LogP contribution in [0.25, 0.3) is 10.9 Å². The van der Waals surface area contributed by atoms with Crippen LogP contribution in [0.4, 0.5) is 5.69 Å². The molecule has 1 unspecified atom stereocenters. The lowest BCUT2D eigenvalue weighted by Gasteiger charge is -2.14. The first kappa shape index (κ1) is 23.5. The molecule has 0 aliphatic rings. The van der Waals surface area contributed by atoms with E-state index in [4.69, 9.17) is 9.47 Å². The van der Waals surface area contributed by atoms with E-state index in [9.17, 15) is 9.90 Å². The first-order valence-electron chi connectivity index (χ1n) is 11.0. The monoisotopic (exact) mass is 439 g/mol. The average molecular weight is 440 g/mol. The lowest BCUT2D eigenvalue weighted by atomic mass is 10.1. The molecule has 3 aromatic rings. The lowest BCUT2D eigenvalue weighted by molar-refractivity contribution is -0.116. The van der Waals surface area contributed by atoms with Crippen molar-refractivity contribution in [1.29, 1.82) is 0 Å². The Kier molecular flexibility index (Phi) is 8.39. The van der Waals surface area contributed by atoms with Crippen molar-refractivity contribution in [2.24, 2.45) is 0 Å². The molecule has 4 N–H and O–H groups in total. The van der Waals surface area contributed by atoms with Crippen molar-refractivity contribution < 1.29 is 19.4 Å². The number of H-pyrrole nitrogens is 1. The second kappa shape index (κ2) is 11.4. The number of fused-ring (bicyclic) bond motifs is 1. The third-order valence-corrected chi connectivity index (χ3v) is 5.60. The summed E-state index contributed by atoms with van der Waals surface area (Å²) in [5, 5.41) is 17.2. The number of nitrogens with one attached hydrogen (secondary N) is 3. The zero-order valence-corrected chi connectivity index (χ0v) is 19.0. The molecular weight excluding hydrogens is 406 g/mol. The van der Waals surface area contributed by atoms with Gasteiger partial charge in [-0.15, -0.1) is 0 Å². The second-order valence-electron chi connectivity index (χ2n) is 8.01. The van der Waals surface area contributed by atoms with Crippen molar-refractivity contribution in [3.63, 3.8) is 0 Å². The molecule has 1 amide bonds. The molecular formula is C25H33N3O4. The molecule has 1 atom stereocenters. The summed E-state index contributed by atoms with van der Waals surface area (Å²) in [4.78, 5) is 15.5. The molecule has 0 radical (unpaired) electrons. The molecule has 0 bridgehead atoms. The highest BCUT2D eigenvalue weighted by molar-refractivity contribution is 5.91. The van der Waals surface area contributed by atoms with Gasteiger partial charge in [0, 0.05) is 41.3 Å². The molecule has 2 aromatic carbocycles. The topological polar surface area (TPSA) is 95.6 Å². The summed E-state index contributed by atoms with van der Waals surface area (Å²) in [6.45, 7) is 3.04. The van der Waals surface area contributed by atoms with E-state index < -0.39 is 0 Å². The summed E-state index contributed by atoms with van der Waals surface area (Å²) in [5.74, 6) is 1.51. The Bertz CT molecular complexity index is 1030. The Labute approximate surface area is 189 Å². The minimum Gasteiger partial charge on any atom is -0.508 e. The standard InChI is InChI=1S/C25H33N3O4/c1-17(26-13-12-18-16-27-22-10-9-20(29)15-21(18)22)6-4-5-7-25(30)28-19-8-11-23(31-2)24(14-19)32-3/h8-11,14-17,26-27,29H,4-7,12-13H2,1-3H3,(H,28,30). The molecule has 3 rings (SSSR count). The van der Waals surface area contributed by atoms with E-state index in [1.54, 1.807) is 44.6 Å². The molecule has 32 heavy (non-hydrogen) atoms. The van der Waals surface area contributed by atoms with Crippen LogP contribution in [-0.4, -0.2) is 42.8 Å². The van der Waals surface area contributed by atoms with Gasteiger partial charge in [0.15, 0.2) is 11.5 Å². The van der Waals surface area contributed by atoms with E-state index in [-0.39, 0.29) is 11.7 Å². The third kappa shape index (κ3) is 6.40. The van der Waals surface area contributed by atoms with Gasteiger partial charge in [-0.3, -0.25) is 4.79 Å². The van der Waals surface area contributed by atoms with Gasteiger partial charge in [0.2, 0.25) is 5.91 Å². The van der Waals surface area contributed by atoms with Crippen LogP contribution in [0.3, 0.4) is 0 Å². The summed E-state index contributed by atoms with van der Waals surface area (Å²) in [6.07, 6.45) is 6.22. The van der Waals surface area contributed by atoms with Crippen molar-refractivity contribution in [3.8, 4) is 17.2 Å². The molecule has 0 aliphatic carbocycles. The number of aromatic amines is 1. The number of carbonyl (C=O) groups is 1. The lowest BCUT2D eigenvalue weighted by Crippen LogP contribution is -2.28. The Morgan fingerprint density at radius 1 is 1.09 bits per heavy atom. The Morgan fingerprint density at radius 2 is 1.91 bits per heavy atom. The van der Waals surface area contributed by atoms with E-state index in [0.29, 0.717) is 29.6 Å². The number of aromatic nitrogens is 1. The number of methoxy groups -OCH3 is 2. The summed E-state index contributed by atoms with van der Waals surface area (Å²) >= 11 is 0. The number of carbonyl (C=O) groups excluding carboxylic acids is 1. The average Bonchev–Trinajstić information content (AvgIpc) is 3.18. The molecule has 0 fully saturated rings. The molecule has 0 aliphatic heterocycles. The number of hydrogen-bond donors (Lipinski definition) is 4. The highest BCUT2D eigenvalue weighted by Crippen LogP contribution is 2.29. The Balaban J connectivity index is 1.33. The maximum absolute atomic E-state index is 12.2. The molecule has 1 heterocycles. The van der Waals surface area contributed by atoms with E-state index >= 15 is 0 Å². The van der Waals surface area contributed by atoms with Gasteiger partial charge in [0.05, 0.1) is 14.2 Å². The fourth-order valence-electron chi connectivity index (χ4n) is 3.80. The van der Waals surface area contributed by atoms with Crippen LogP contribution < -0.4 is 20.1 Å². The number of aromatic hydroxyl groups is 1. The van der Waals surface area contributed by atoms with E-state index in [1.165, 1.54) is 5.56 Å². The molecule has 7 heteroatoms. The first-order valence-corrected chi connectivity index (χ1v) is 11.0. The molecule has 7 nitrogen and oxygen atoms in total. The predicted octanol–water partition coefficient (Wildman–Crippen LogP) is 4.61. The van der Waals surface area contributed by atoms with Crippen LogP contribution in [0.5, 0.6) is 17.2 Å². The summed E-state index contributed by atoms with van der Waals surface area (Å²) < 4.78 is 10.5. The fourth-order valence-corrected chi connectivity index (χ4v) is 3.80. The Hall–Kier alpha value is -3.19. The number of amides is 1. The minimum atomic E-state index is 0.000390. The maximum atomic E-state index is 12.2. The van der Waals surface area contributed by atoms with Crippen molar-refractivity contribution >= 4 is 22.5 Å². The van der Waals surface area contributed by atoms with Crippen LogP contribution in [0.2, 0.25) is 0 Å². The molecule has 0 spiro atoms. The number of hydrogen-bond acceptors (Lipinski definition) is 5. The summed E-state index contributed by atoms with van der Waals surface area (Å²) in [7, 11) is 3.16. The first-order chi connectivity index (χ1) is 15.5. The highest BCUT2D eigenvalue weighted by Gasteiger charge is 2.09. The number of ether oxygens (including phenoxy) is 2. The van der Waals surface area contributed by atoms with Crippen LogP contribution in [0.1, 0.15) is 38.2 Å². The maximum Gasteiger partial charge on any atom is 0.224 e. The quantitative estimate of drug-likeness (QED) is 0.309. The van der Waals surface area contributed by atoms with Crippen LogP contribution >= 0.6 is 0 Å². The SMILES string of the molecule is COc1ccc(NC(=O)CCCCC(C)NCCc2c[nH]c3ccc(O)cc23)cc1OC. The van der Waals surface area contributed by atoms with Gasteiger partial charge in [0.25, 0.3) is 0 Å². The number of unbranched alkanes of at least 4 members (excludes halogenated alkanes) is 1. The zero-order chi connectivity index (χ0) is 22.9. The van der Waals surface area contributed by atoms with E-state index in [0.717, 1.165) is 43.1 Å². The smallest absolute Gasteiger partial charge is 0.224 e. The number of phenolic OH excluding ortho intramolecular Hbond substituents is 1. The van der Waals surface area contributed by atoms with Gasteiger partial charge in [-0.1, -0.05) is 6.42 Å². The van der Waals surface area contributed by atoms with Crippen molar-refractivity contribution in [2.75, 3.05) is 26.1 Å². The fraction of sp³-hybridized carbons (Fsp3) is 0.400. The normalized spacial score (nSPS) is 12.0. The van der Waals surface area contributed by atoms with Gasteiger partial charge < -0.3 is 30.2 Å². The minimum absolute atomic E-state index is 0.000390.